The van der Waals surface area contributed by atoms with Crippen LogP contribution in [-0.4, -0.2) is 40.0 Å². The van der Waals surface area contributed by atoms with E-state index in [2.05, 4.69) is 5.32 Å². The molecule has 2 aromatic rings. The Bertz CT molecular complexity index is 783. The zero-order valence-electron chi connectivity index (χ0n) is 14.3. The van der Waals surface area contributed by atoms with Gasteiger partial charge in [0.05, 0.1) is 6.10 Å². The number of rotatable bonds is 8. The second kappa shape index (κ2) is 9.65. The first kappa shape index (κ1) is 20.3. The minimum absolute atomic E-state index is 0.0242. The number of nitrogens with one attached hydrogen (secondary N) is 1. The first-order valence-electron chi connectivity index (χ1n) is 8.22. The van der Waals surface area contributed by atoms with Crippen molar-refractivity contribution >= 4 is 12.1 Å². The van der Waals surface area contributed by atoms with Crippen LogP contribution in [0.1, 0.15) is 34.0 Å². The van der Waals surface area contributed by atoms with Crippen LogP contribution in [-0.2, 0) is 11.3 Å². The Hall–Kier alpha value is -2.97. The third kappa shape index (κ3) is 5.77. The molecule has 2 unspecified atom stereocenters. The summed E-state index contributed by atoms with van der Waals surface area (Å²) in [6.45, 7) is 0.0622. The van der Waals surface area contributed by atoms with E-state index in [4.69, 9.17) is 9.84 Å². The van der Waals surface area contributed by atoms with Crippen molar-refractivity contribution in [2.75, 3.05) is 6.54 Å². The minimum atomic E-state index is -1.62. The van der Waals surface area contributed by atoms with Gasteiger partial charge in [-0.15, -0.1) is 0 Å². The molecule has 2 aromatic carbocycles. The smallest absolute Gasteiger partial charge is 0.407 e. The van der Waals surface area contributed by atoms with Gasteiger partial charge in [0.15, 0.2) is 0 Å². The van der Waals surface area contributed by atoms with E-state index in [-0.39, 0.29) is 25.1 Å². The molecule has 2 atom stereocenters. The number of carbonyl (C=O) groups is 2. The lowest BCUT2D eigenvalue weighted by atomic mass is 9.96. The number of aliphatic hydroxyl groups excluding tert-OH is 2. The molecule has 2 rings (SSSR count). The predicted molar refractivity (Wildman–Crippen MR) is 93.6 cm³/mol. The summed E-state index contributed by atoms with van der Waals surface area (Å²) < 4.78 is 18.7. The lowest BCUT2D eigenvalue weighted by molar-refractivity contribution is 0.0125. The number of carboxylic acid groups (broad SMARTS) is 1. The number of ether oxygens (including phenoxy) is 1. The van der Waals surface area contributed by atoms with E-state index in [1.165, 1.54) is 12.1 Å². The second-order valence-corrected chi connectivity index (χ2v) is 5.80. The van der Waals surface area contributed by atoms with E-state index < -0.39 is 35.7 Å². The fourth-order valence-electron chi connectivity index (χ4n) is 2.47. The molecular weight excluding hydrogens is 357 g/mol. The summed E-state index contributed by atoms with van der Waals surface area (Å²) in [6.07, 6.45) is -3.80. The largest absolute Gasteiger partial charge is 0.478 e. The molecule has 8 heteroatoms. The van der Waals surface area contributed by atoms with Crippen molar-refractivity contribution in [2.24, 2.45) is 0 Å². The highest BCUT2D eigenvalue weighted by Crippen LogP contribution is 2.24. The Balaban J connectivity index is 1.83. The van der Waals surface area contributed by atoms with Gasteiger partial charge in [-0.3, -0.25) is 0 Å². The molecule has 144 valence electrons. The number of benzene rings is 2. The SMILES string of the molecule is O=C(NCCC(O)C(O)c1cccc(F)c1C(=O)O)OCc1ccccc1. The van der Waals surface area contributed by atoms with Gasteiger partial charge in [-0.25, -0.2) is 14.0 Å². The molecule has 27 heavy (non-hydrogen) atoms. The topological polar surface area (TPSA) is 116 Å². The third-order valence-electron chi connectivity index (χ3n) is 3.87. The molecule has 1 amide bonds. The molecule has 0 aliphatic carbocycles. The Morgan fingerprint density at radius 2 is 1.78 bits per heavy atom. The molecular formula is C19H20FNO6. The summed E-state index contributed by atoms with van der Waals surface area (Å²) >= 11 is 0. The molecule has 4 N–H and O–H groups in total. The fourth-order valence-corrected chi connectivity index (χ4v) is 2.47. The second-order valence-electron chi connectivity index (χ2n) is 5.80. The van der Waals surface area contributed by atoms with Crippen LogP contribution >= 0.6 is 0 Å². The van der Waals surface area contributed by atoms with Crippen molar-refractivity contribution < 1.29 is 34.0 Å². The van der Waals surface area contributed by atoms with Crippen molar-refractivity contribution in [3.05, 3.63) is 71.0 Å². The molecule has 7 nitrogen and oxygen atoms in total. The van der Waals surface area contributed by atoms with Crippen LogP contribution in [0.25, 0.3) is 0 Å². The maximum absolute atomic E-state index is 13.7. The molecule has 0 saturated carbocycles. The van der Waals surface area contributed by atoms with Gasteiger partial charge in [0.25, 0.3) is 0 Å². The van der Waals surface area contributed by atoms with Gasteiger partial charge in [0.1, 0.15) is 24.1 Å². The maximum atomic E-state index is 13.7. The lowest BCUT2D eigenvalue weighted by Crippen LogP contribution is -2.30. The molecule has 0 saturated heterocycles. The van der Waals surface area contributed by atoms with Gasteiger partial charge in [-0.05, 0) is 18.1 Å². The number of carboxylic acids is 1. The Morgan fingerprint density at radius 3 is 2.44 bits per heavy atom. The molecule has 0 aliphatic rings. The summed E-state index contributed by atoms with van der Waals surface area (Å²) in [5, 5.41) is 31.7. The fraction of sp³-hybridized carbons (Fsp3) is 0.263. The van der Waals surface area contributed by atoms with Gasteiger partial charge < -0.3 is 25.4 Å². The first-order chi connectivity index (χ1) is 12.9. The average Bonchev–Trinajstić information content (AvgIpc) is 2.66. The maximum Gasteiger partial charge on any atom is 0.407 e. The summed E-state index contributed by atoms with van der Waals surface area (Å²) in [6, 6.07) is 12.5. The number of hydrogen-bond donors (Lipinski definition) is 4. The van der Waals surface area contributed by atoms with Crippen molar-refractivity contribution in [3.8, 4) is 0 Å². The first-order valence-corrected chi connectivity index (χ1v) is 8.22. The molecule has 0 aliphatic heterocycles. The predicted octanol–water partition coefficient (Wildman–Crippen LogP) is 2.23. The standard InChI is InChI=1S/C19H20FNO6/c20-14-8-4-7-13(16(14)18(24)25)17(23)15(22)9-10-21-19(26)27-11-12-5-2-1-3-6-12/h1-8,15,17,22-23H,9-11H2,(H,21,26)(H,24,25). The number of halogens is 1. The number of amides is 1. The summed E-state index contributed by atoms with van der Waals surface area (Å²) in [5.41, 5.74) is -0.114. The number of carbonyl (C=O) groups excluding carboxylic acids is 1. The van der Waals surface area contributed by atoms with Gasteiger partial charge in [-0.1, -0.05) is 42.5 Å². The quantitative estimate of drug-likeness (QED) is 0.561. The lowest BCUT2D eigenvalue weighted by Gasteiger charge is -2.20. The van der Waals surface area contributed by atoms with E-state index in [1.807, 2.05) is 18.2 Å². The highest BCUT2D eigenvalue weighted by molar-refractivity contribution is 5.89. The summed E-state index contributed by atoms with van der Waals surface area (Å²) in [4.78, 5) is 22.8. The van der Waals surface area contributed by atoms with Crippen LogP contribution in [0.2, 0.25) is 0 Å². The molecule has 0 bridgehead atoms. The highest BCUT2D eigenvalue weighted by Gasteiger charge is 2.26. The minimum Gasteiger partial charge on any atom is -0.478 e. The number of hydrogen-bond acceptors (Lipinski definition) is 5. The van der Waals surface area contributed by atoms with Gasteiger partial charge in [-0.2, -0.15) is 0 Å². The molecule has 0 fully saturated rings. The molecule has 0 radical (unpaired) electrons. The van der Waals surface area contributed by atoms with Gasteiger partial charge in [0.2, 0.25) is 0 Å². The monoisotopic (exact) mass is 377 g/mol. The zero-order valence-corrected chi connectivity index (χ0v) is 14.3. The van der Waals surface area contributed by atoms with Crippen LogP contribution in [0.3, 0.4) is 0 Å². The molecule has 0 spiro atoms. The summed E-state index contributed by atoms with van der Waals surface area (Å²) in [5.74, 6) is -2.55. The van der Waals surface area contributed by atoms with Crippen LogP contribution < -0.4 is 5.32 Å². The Labute approximate surface area is 155 Å². The van der Waals surface area contributed by atoms with E-state index in [1.54, 1.807) is 12.1 Å². The summed E-state index contributed by atoms with van der Waals surface area (Å²) in [7, 11) is 0. The van der Waals surface area contributed by atoms with E-state index in [0.29, 0.717) is 0 Å². The van der Waals surface area contributed by atoms with Gasteiger partial charge in [0, 0.05) is 12.1 Å². The van der Waals surface area contributed by atoms with Crippen molar-refractivity contribution in [1.82, 2.24) is 5.32 Å². The highest BCUT2D eigenvalue weighted by atomic mass is 19.1. The van der Waals surface area contributed by atoms with E-state index >= 15 is 0 Å². The zero-order chi connectivity index (χ0) is 19.8. The Morgan fingerprint density at radius 1 is 1.07 bits per heavy atom. The van der Waals surface area contributed by atoms with Crippen molar-refractivity contribution in [1.29, 1.82) is 0 Å². The van der Waals surface area contributed by atoms with Crippen molar-refractivity contribution in [3.63, 3.8) is 0 Å². The van der Waals surface area contributed by atoms with E-state index in [9.17, 15) is 24.2 Å². The van der Waals surface area contributed by atoms with Crippen LogP contribution in [0.15, 0.2) is 48.5 Å². The van der Waals surface area contributed by atoms with Gasteiger partial charge >= 0.3 is 12.1 Å². The molecule has 0 heterocycles. The number of aromatic carboxylic acids is 1. The third-order valence-corrected chi connectivity index (χ3v) is 3.87. The number of aliphatic hydroxyl groups is 2. The number of alkyl carbamates (subject to hydrolysis) is 1. The van der Waals surface area contributed by atoms with Crippen molar-refractivity contribution in [2.45, 2.75) is 25.2 Å². The van der Waals surface area contributed by atoms with Crippen LogP contribution in [0, 0.1) is 5.82 Å². The van der Waals surface area contributed by atoms with Crippen LogP contribution in [0.5, 0.6) is 0 Å². The van der Waals surface area contributed by atoms with Crippen LogP contribution in [0.4, 0.5) is 9.18 Å². The molecule has 0 aromatic heterocycles. The Kier molecular flexibility index (Phi) is 7.27. The average molecular weight is 377 g/mol. The van der Waals surface area contributed by atoms with E-state index in [0.717, 1.165) is 11.6 Å². The normalized spacial score (nSPS) is 12.9.